The van der Waals surface area contributed by atoms with Gasteiger partial charge in [0.05, 0.1) is 5.56 Å². The van der Waals surface area contributed by atoms with Crippen molar-refractivity contribution in [3.63, 3.8) is 0 Å². The van der Waals surface area contributed by atoms with Crippen molar-refractivity contribution in [2.24, 2.45) is 5.73 Å². The van der Waals surface area contributed by atoms with Gasteiger partial charge in [-0.05, 0) is 34.1 Å². The zero-order valence-electron chi connectivity index (χ0n) is 9.60. The van der Waals surface area contributed by atoms with Gasteiger partial charge in [0.25, 0.3) is 5.91 Å². The van der Waals surface area contributed by atoms with Gasteiger partial charge in [-0.3, -0.25) is 14.4 Å². The van der Waals surface area contributed by atoms with Crippen LogP contribution in [0.3, 0.4) is 0 Å². The minimum absolute atomic E-state index is 0.0453. The molecule has 1 rings (SSSR count). The van der Waals surface area contributed by atoms with Gasteiger partial charge in [-0.15, -0.1) is 0 Å². The molecule has 19 heavy (non-hydrogen) atoms. The molecule has 0 aliphatic rings. The third-order valence-corrected chi connectivity index (χ3v) is 2.78. The first kappa shape index (κ1) is 15.1. The van der Waals surface area contributed by atoms with Crippen molar-refractivity contribution in [1.29, 1.82) is 0 Å². The zero-order valence-corrected chi connectivity index (χ0v) is 11.2. The lowest BCUT2D eigenvalue weighted by atomic mass is 10.2. The number of carbonyl (C=O) groups is 3. The van der Waals surface area contributed by atoms with Gasteiger partial charge < -0.3 is 15.7 Å². The second-order valence-electron chi connectivity index (χ2n) is 3.65. The molecule has 6 nitrogen and oxygen atoms in total. The summed E-state index contributed by atoms with van der Waals surface area (Å²) in [7, 11) is 0. The van der Waals surface area contributed by atoms with Crippen molar-refractivity contribution < 1.29 is 23.9 Å². The van der Waals surface area contributed by atoms with Crippen LogP contribution >= 0.6 is 15.9 Å². The Bertz CT molecular complexity index is 519. The van der Waals surface area contributed by atoms with Crippen LogP contribution in [0.25, 0.3) is 0 Å². The highest BCUT2D eigenvalue weighted by atomic mass is 79.9. The number of carboxylic acids is 1. The molecular weight excluding hydrogens is 323 g/mol. The summed E-state index contributed by atoms with van der Waals surface area (Å²) in [6, 6.07) is 3.31. The molecular formula is C11H10BrFN2O4. The van der Waals surface area contributed by atoms with Crippen LogP contribution in [0, 0.1) is 5.82 Å². The molecule has 102 valence electrons. The SMILES string of the molecule is NC(=O)CN(CC(=O)O)C(=O)c1ccc(F)cc1Br. The van der Waals surface area contributed by atoms with Crippen LogP contribution in [0.2, 0.25) is 0 Å². The molecule has 0 aliphatic carbocycles. The standard InChI is InChI=1S/C11H10BrFN2O4/c12-8-3-6(13)1-2-7(8)11(19)15(4-9(14)16)5-10(17)18/h1-3H,4-5H2,(H2,14,16)(H,17,18). The van der Waals surface area contributed by atoms with Gasteiger partial charge >= 0.3 is 5.97 Å². The summed E-state index contributed by atoms with van der Waals surface area (Å²) in [5.74, 6) is -3.41. The predicted octanol–water partition coefficient (Wildman–Crippen LogP) is 0.600. The van der Waals surface area contributed by atoms with E-state index in [1.54, 1.807) is 0 Å². The Morgan fingerprint density at radius 3 is 2.42 bits per heavy atom. The van der Waals surface area contributed by atoms with Gasteiger partial charge in [0.2, 0.25) is 5.91 Å². The summed E-state index contributed by atoms with van der Waals surface area (Å²) in [4.78, 5) is 34.3. The number of halogens is 2. The molecule has 0 saturated heterocycles. The number of rotatable bonds is 5. The zero-order chi connectivity index (χ0) is 14.6. The van der Waals surface area contributed by atoms with Crippen molar-refractivity contribution in [1.82, 2.24) is 4.90 Å². The first-order chi connectivity index (χ1) is 8.81. The van der Waals surface area contributed by atoms with E-state index in [0.717, 1.165) is 17.0 Å². The second kappa shape index (κ2) is 6.28. The minimum Gasteiger partial charge on any atom is -0.480 e. The third-order valence-electron chi connectivity index (χ3n) is 2.12. The van der Waals surface area contributed by atoms with E-state index in [2.05, 4.69) is 15.9 Å². The minimum atomic E-state index is -1.28. The molecule has 0 unspecified atom stereocenters. The first-order valence-electron chi connectivity index (χ1n) is 5.05. The lowest BCUT2D eigenvalue weighted by Crippen LogP contribution is -2.41. The van der Waals surface area contributed by atoms with E-state index in [-0.39, 0.29) is 10.0 Å². The Morgan fingerprint density at radius 1 is 1.32 bits per heavy atom. The van der Waals surface area contributed by atoms with Crippen LogP contribution in [0.1, 0.15) is 10.4 Å². The van der Waals surface area contributed by atoms with Gasteiger partial charge in [0.15, 0.2) is 0 Å². The van der Waals surface area contributed by atoms with Crippen molar-refractivity contribution in [3.8, 4) is 0 Å². The first-order valence-corrected chi connectivity index (χ1v) is 5.85. The lowest BCUT2D eigenvalue weighted by molar-refractivity contribution is -0.138. The van der Waals surface area contributed by atoms with E-state index >= 15 is 0 Å². The summed E-state index contributed by atoms with van der Waals surface area (Å²) in [5.41, 5.74) is 4.99. The van der Waals surface area contributed by atoms with Gasteiger partial charge in [-0.2, -0.15) is 0 Å². The molecule has 0 atom stereocenters. The number of aliphatic carboxylic acids is 1. The van der Waals surface area contributed by atoms with Crippen LogP contribution in [0.5, 0.6) is 0 Å². The molecule has 0 fully saturated rings. The number of nitrogens with two attached hydrogens (primary N) is 1. The third kappa shape index (κ3) is 4.32. The molecule has 0 bridgehead atoms. The normalized spacial score (nSPS) is 10.0. The molecule has 1 aromatic carbocycles. The summed E-state index contributed by atoms with van der Waals surface area (Å²) >= 11 is 3.00. The van der Waals surface area contributed by atoms with Crippen LogP contribution in [0.15, 0.2) is 22.7 Å². The van der Waals surface area contributed by atoms with Crippen LogP contribution in [0.4, 0.5) is 4.39 Å². The average molecular weight is 333 g/mol. The Labute approximate surface area is 116 Å². The Morgan fingerprint density at radius 2 is 1.95 bits per heavy atom. The monoisotopic (exact) mass is 332 g/mol. The van der Waals surface area contributed by atoms with Crippen LogP contribution in [-0.2, 0) is 9.59 Å². The Balaban J connectivity index is 3.04. The predicted molar refractivity (Wildman–Crippen MR) is 66.8 cm³/mol. The van der Waals surface area contributed by atoms with Gasteiger partial charge in [-0.25, -0.2) is 4.39 Å². The van der Waals surface area contributed by atoms with Gasteiger partial charge in [-0.1, -0.05) is 0 Å². The highest BCUT2D eigenvalue weighted by Gasteiger charge is 2.22. The number of benzene rings is 1. The summed E-state index contributed by atoms with van der Waals surface area (Å²) in [5, 5.41) is 8.69. The highest BCUT2D eigenvalue weighted by Crippen LogP contribution is 2.19. The van der Waals surface area contributed by atoms with E-state index in [4.69, 9.17) is 10.8 Å². The molecule has 0 spiro atoms. The molecule has 8 heteroatoms. The maximum atomic E-state index is 12.9. The average Bonchev–Trinajstić information content (AvgIpc) is 2.26. The molecule has 0 aliphatic heterocycles. The summed E-state index contributed by atoms with van der Waals surface area (Å²) in [6.07, 6.45) is 0. The summed E-state index contributed by atoms with van der Waals surface area (Å²) < 4.78 is 13.1. The smallest absolute Gasteiger partial charge is 0.323 e. The van der Waals surface area contributed by atoms with Gasteiger partial charge in [0.1, 0.15) is 18.9 Å². The highest BCUT2D eigenvalue weighted by molar-refractivity contribution is 9.10. The maximum absolute atomic E-state index is 12.9. The topological polar surface area (TPSA) is 101 Å². The van der Waals surface area contributed by atoms with Crippen molar-refractivity contribution >= 4 is 33.7 Å². The quantitative estimate of drug-likeness (QED) is 0.824. The van der Waals surface area contributed by atoms with Crippen LogP contribution < -0.4 is 5.73 Å². The number of carboxylic acid groups (broad SMARTS) is 1. The van der Waals surface area contributed by atoms with E-state index in [1.165, 1.54) is 6.07 Å². The Hall–Kier alpha value is -1.96. The van der Waals surface area contributed by atoms with E-state index < -0.39 is 36.7 Å². The fourth-order valence-corrected chi connectivity index (χ4v) is 1.90. The van der Waals surface area contributed by atoms with E-state index in [0.29, 0.717) is 0 Å². The van der Waals surface area contributed by atoms with Crippen molar-refractivity contribution in [2.45, 2.75) is 0 Å². The summed E-state index contributed by atoms with van der Waals surface area (Å²) in [6.45, 7) is -1.21. The van der Waals surface area contributed by atoms with E-state index in [1.807, 2.05) is 0 Å². The largest absolute Gasteiger partial charge is 0.480 e. The number of primary amides is 1. The number of carbonyl (C=O) groups excluding carboxylic acids is 2. The van der Waals surface area contributed by atoms with Gasteiger partial charge in [0, 0.05) is 4.47 Å². The number of amides is 2. The maximum Gasteiger partial charge on any atom is 0.323 e. The number of hydrogen-bond donors (Lipinski definition) is 2. The molecule has 3 N–H and O–H groups in total. The Kier molecular flexibility index (Phi) is 4.99. The van der Waals surface area contributed by atoms with E-state index in [9.17, 15) is 18.8 Å². The molecule has 2 amide bonds. The fourth-order valence-electron chi connectivity index (χ4n) is 1.38. The second-order valence-corrected chi connectivity index (χ2v) is 4.50. The molecule has 0 heterocycles. The molecule has 0 saturated carbocycles. The molecule has 0 radical (unpaired) electrons. The van der Waals surface area contributed by atoms with Crippen molar-refractivity contribution in [2.75, 3.05) is 13.1 Å². The number of nitrogens with zero attached hydrogens (tertiary/aromatic N) is 1. The van der Waals surface area contributed by atoms with Crippen molar-refractivity contribution in [3.05, 3.63) is 34.1 Å². The van der Waals surface area contributed by atoms with Crippen LogP contribution in [-0.4, -0.2) is 40.9 Å². The molecule has 0 aromatic heterocycles. The fraction of sp³-hybridized carbons (Fsp3) is 0.182. The number of hydrogen-bond acceptors (Lipinski definition) is 3. The molecule has 1 aromatic rings. The lowest BCUT2D eigenvalue weighted by Gasteiger charge is -2.19.